The van der Waals surface area contributed by atoms with Crippen LogP contribution >= 0.6 is 0 Å². The maximum absolute atomic E-state index is 8.99. The van der Waals surface area contributed by atoms with Crippen LogP contribution in [0.5, 0.6) is 11.5 Å². The van der Waals surface area contributed by atoms with Crippen molar-refractivity contribution in [3.63, 3.8) is 0 Å². The molecule has 1 aromatic carbocycles. The summed E-state index contributed by atoms with van der Waals surface area (Å²) >= 11 is 0. The number of aliphatic hydroxyl groups excluding tert-OH is 1. The van der Waals surface area contributed by atoms with Gasteiger partial charge >= 0.3 is 0 Å². The Hall–Kier alpha value is -1.22. The van der Waals surface area contributed by atoms with Crippen LogP contribution in [-0.2, 0) is 6.61 Å². The van der Waals surface area contributed by atoms with E-state index in [2.05, 4.69) is 0 Å². The van der Waals surface area contributed by atoms with E-state index in [1.807, 2.05) is 6.92 Å². The number of hydrogen-bond donors (Lipinski definition) is 1. The zero-order chi connectivity index (χ0) is 9.68. The molecule has 0 spiro atoms. The van der Waals surface area contributed by atoms with Gasteiger partial charge in [-0.25, -0.2) is 0 Å². The first-order chi connectivity index (χ1) is 6.31. The number of aliphatic hydroxyl groups is 1. The van der Waals surface area contributed by atoms with Crippen molar-refractivity contribution in [3.05, 3.63) is 23.8 Å². The highest BCUT2D eigenvalue weighted by atomic mass is 16.5. The number of rotatable bonds is 4. The molecule has 0 aliphatic heterocycles. The molecule has 0 heterocycles. The lowest BCUT2D eigenvalue weighted by molar-refractivity contribution is 0.266. The molecule has 3 nitrogen and oxygen atoms in total. The molecule has 1 aromatic rings. The molecule has 0 saturated carbocycles. The van der Waals surface area contributed by atoms with Crippen LogP contribution in [0.3, 0.4) is 0 Å². The minimum atomic E-state index is -0.0146. The van der Waals surface area contributed by atoms with E-state index in [0.717, 1.165) is 11.3 Å². The second-order valence-corrected chi connectivity index (χ2v) is 2.56. The van der Waals surface area contributed by atoms with Gasteiger partial charge in [-0.05, 0) is 19.1 Å². The van der Waals surface area contributed by atoms with Crippen molar-refractivity contribution in [1.82, 2.24) is 0 Å². The summed E-state index contributed by atoms with van der Waals surface area (Å²) in [6, 6.07) is 5.37. The van der Waals surface area contributed by atoms with Gasteiger partial charge in [0.05, 0.1) is 20.3 Å². The maximum Gasteiger partial charge on any atom is 0.128 e. The van der Waals surface area contributed by atoms with E-state index in [9.17, 15) is 0 Å². The van der Waals surface area contributed by atoms with E-state index in [-0.39, 0.29) is 6.61 Å². The summed E-state index contributed by atoms with van der Waals surface area (Å²) in [4.78, 5) is 0. The third-order valence-corrected chi connectivity index (χ3v) is 1.74. The maximum atomic E-state index is 8.99. The van der Waals surface area contributed by atoms with E-state index in [0.29, 0.717) is 12.4 Å². The van der Waals surface area contributed by atoms with Crippen molar-refractivity contribution in [1.29, 1.82) is 0 Å². The van der Waals surface area contributed by atoms with E-state index >= 15 is 0 Å². The molecule has 72 valence electrons. The van der Waals surface area contributed by atoms with Crippen molar-refractivity contribution >= 4 is 0 Å². The second kappa shape index (κ2) is 4.72. The van der Waals surface area contributed by atoms with Gasteiger partial charge in [0.15, 0.2) is 0 Å². The third-order valence-electron chi connectivity index (χ3n) is 1.74. The fourth-order valence-electron chi connectivity index (χ4n) is 1.08. The summed E-state index contributed by atoms with van der Waals surface area (Å²) in [7, 11) is 1.60. The molecule has 0 aromatic heterocycles. The summed E-state index contributed by atoms with van der Waals surface area (Å²) in [5.41, 5.74) is 0.780. The first-order valence-electron chi connectivity index (χ1n) is 4.22. The van der Waals surface area contributed by atoms with E-state index in [1.165, 1.54) is 0 Å². The molecule has 0 unspecified atom stereocenters. The Morgan fingerprint density at radius 1 is 1.38 bits per heavy atom. The Balaban J connectivity index is 2.95. The van der Waals surface area contributed by atoms with Crippen LogP contribution in [0.25, 0.3) is 0 Å². The average Bonchev–Trinajstić information content (AvgIpc) is 2.18. The highest BCUT2D eigenvalue weighted by Gasteiger charge is 2.03. The van der Waals surface area contributed by atoms with Crippen LogP contribution in [-0.4, -0.2) is 18.8 Å². The molecule has 0 radical (unpaired) electrons. The smallest absolute Gasteiger partial charge is 0.128 e. The minimum absolute atomic E-state index is 0.0146. The van der Waals surface area contributed by atoms with Gasteiger partial charge in [0.1, 0.15) is 11.5 Å². The van der Waals surface area contributed by atoms with E-state index < -0.39 is 0 Å². The highest BCUT2D eigenvalue weighted by Crippen LogP contribution is 2.24. The Kier molecular flexibility index (Phi) is 3.58. The fourth-order valence-corrected chi connectivity index (χ4v) is 1.08. The molecule has 0 atom stereocenters. The Morgan fingerprint density at radius 3 is 2.69 bits per heavy atom. The summed E-state index contributed by atoms with van der Waals surface area (Å²) in [5, 5.41) is 8.99. The fraction of sp³-hybridized carbons (Fsp3) is 0.400. The molecule has 1 rings (SSSR count). The van der Waals surface area contributed by atoms with Gasteiger partial charge in [-0.1, -0.05) is 0 Å². The standard InChI is InChI=1S/C10H14O3/c1-3-13-10-6-9(12-2)5-4-8(10)7-11/h4-6,11H,3,7H2,1-2H3. The van der Waals surface area contributed by atoms with Crippen LogP contribution in [0, 0.1) is 0 Å². The van der Waals surface area contributed by atoms with Crippen molar-refractivity contribution in [3.8, 4) is 11.5 Å². The van der Waals surface area contributed by atoms with Crippen LogP contribution < -0.4 is 9.47 Å². The zero-order valence-corrected chi connectivity index (χ0v) is 7.91. The Morgan fingerprint density at radius 2 is 2.15 bits per heavy atom. The van der Waals surface area contributed by atoms with Crippen molar-refractivity contribution in [2.75, 3.05) is 13.7 Å². The first kappa shape index (κ1) is 9.86. The van der Waals surface area contributed by atoms with Crippen LogP contribution in [0.4, 0.5) is 0 Å². The minimum Gasteiger partial charge on any atom is -0.497 e. The molecule has 0 aliphatic rings. The van der Waals surface area contributed by atoms with Gasteiger partial charge in [0.25, 0.3) is 0 Å². The third kappa shape index (κ3) is 2.36. The van der Waals surface area contributed by atoms with E-state index in [1.54, 1.807) is 25.3 Å². The van der Waals surface area contributed by atoms with Crippen LogP contribution in [0.2, 0.25) is 0 Å². The quantitative estimate of drug-likeness (QED) is 0.768. The molecule has 0 fully saturated rings. The lowest BCUT2D eigenvalue weighted by atomic mass is 10.2. The van der Waals surface area contributed by atoms with Crippen molar-refractivity contribution in [2.45, 2.75) is 13.5 Å². The van der Waals surface area contributed by atoms with E-state index in [4.69, 9.17) is 14.6 Å². The van der Waals surface area contributed by atoms with Gasteiger partial charge in [-0.15, -0.1) is 0 Å². The Bertz CT molecular complexity index is 271. The largest absolute Gasteiger partial charge is 0.497 e. The molecule has 0 amide bonds. The van der Waals surface area contributed by atoms with Crippen LogP contribution in [0.1, 0.15) is 12.5 Å². The summed E-state index contributed by atoms with van der Waals surface area (Å²) in [5.74, 6) is 1.42. The van der Waals surface area contributed by atoms with Gasteiger partial charge in [-0.3, -0.25) is 0 Å². The van der Waals surface area contributed by atoms with Crippen molar-refractivity contribution in [2.24, 2.45) is 0 Å². The number of hydrogen-bond acceptors (Lipinski definition) is 3. The van der Waals surface area contributed by atoms with Gasteiger partial charge in [-0.2, -0.15) is 0 Å². The lowest BCUT2D eigenvalue weighted by Crippen LogP contribution is -1.97. The summed E-state index contributed by atoms with van der Waals surface area (Å²) in [6.07, 6.45) is 0. The first-order valence-corrected chi connectivity index (χ1v) is 4.22. The second-order valence-electron chi connectivity index (χ2n) is 2.56. The molecule has 0 aliphatic carbocycles. The Labute approximate surface area is 77.9 Å². The molecule has 1 N–H and O–H groups in total. The number of benzene rings is 1. The molecular formula is C10H14O3. The number of ether oxygens (including phenoxy) is 2. The highest BCUT2D eigenvalue weighted by molar-refractivity contribution is 5.40. The molecule has 0 saturated heterocycles. The summed E-state index contributed by atoms with van der Waals surface area (Å²) in [6.45, 7) is 2.47. The lowest BCUT2D eigenvalue weighted by Gasteiger charge is -2.09. The predicted molar refractivity (Wildman–Crippen MR) is 50.1 cm³/mol. The van der Waals surface area contributed by atoms with Gasteiger partial charge in [0, 0.05) is 11.6 Å². The van der Waals surface area contributed by atoms with Crippen molar-refractivity contribution < 1.29 is 14.6 Å². The normalized spacial score (nSPS) is 9.77. The number of methoxy groups -OCH3 is 1. The molecule has 13 heavy (non-hydrogen) atoms. The zero-order valence-electron chi connectivity index (χ0n) is 7.91. The average molecular weight is 182 g/mol. The predicted octanol–water partition coefficient (Wildman–Crippen LogP) is 1.59. The summed E-state index contributed by atoms with van der Waals surface area (Å²) < 4.78 is 10.4. The SMILES string of the molecule is CCOc1cc(OC)ccc1CO. The molecule has 3 heteroatoms. The molecule has 0 bridgehead atoms. The topological polar surface area (TPSA) is 38.7 Å². The van der Waals surface area contributed by atoms with Gasteiger partial charge < -0.3 is 14.6 Å². The molecular weight excluding hydrogens is 168 g/mol. The monoisotopic (exact) mass is 182 g/mol. The van der Waals surface area contributed by atoms with Crippen LogP contribution in [0.15, 0.2) is 18.2 Å². The van der Waals surface area contributed by atoms with Gasteiger partial charge in [0.2, 0.25) is 0 Å².